The summed E-state index contributed by atoms with van der Waals surface area (Å²) in [5.41, 5.74) is 0.602. The molecule has 0 bridgehead atoms. The van der Waals surface area contributed by atoms with Crippen LogP contribution in [0.15, 0.2) is 24.5 Å². The molecule has 2 rings (SSSR count). The third-order valence-corrected chi connectivity index (χ3v) is 3.14. The van der Waals surface area contributed by atoms with Gasteiger partial charge in [0.15, 0.2) is 0 Å². The van der Waals surface area contributed by atoms with E-state index in [0.717, 1.165) is 19.4 Å². The number of likely N-dealkylation sites (tertiary alicyclic amines) is 1. The zero-order valence-corrected chi connectivity index (χ0v) is 10.4. The van der Waals surface area contributed by atoms with Gasteiger partial charge in [-0.3, -0.25) is 14.6 Å². The molecule has 1 aromatic heterocycles. The highest BCUT2D eigenvalue weighted by Crippen LogP contribution is 2.11. The van der Waals surface area contributed by atoms with Gasteiger partial charge in [-0.25, -0.2) is 0 Å². The Morgan fingerprint density at radius 3 is 2.78 bits per heavy atom. The van der Waals surface area contributed by atoms with Crippen LogP contribution in [0.3, 0.4) is 0 Å². The van der Waals surface area contributed by atoms with Gasteiger partial charge in [0.1, 0.15) is 0 Å². The largest absolute Gasteiger partial charge is 0.348 e. The fraction of sp³-hybridized carbons (Fsp3) is 0.462. The molecule has 2 amide bonds. The van der Waals surface area contributed by atoms with E-state index in [1.807, 2.05) is 0 Å². The molecule has 5 nitrogen and oxygen atoms in total. The molecule has 1 aliphatic heterocycles. The molecule has 2 heterocycles. The predicted molar refractivity (Wildman–Crippen MR) is 67.0 cm³/mol. The summed E-state index contributed by atoms with van der Waals surface area (Å²) < 4.78 is 0. The Hall–Kier alpha value is -1.91. The van der Waals surface area contributed by atoms with Gasteiger partial charge in [0.2, 0.25) is 5.91 Å². The molecular weight excluding hydrogens is 230 g/mol. The number of nitrogens with zero attached hydrogens (tertiary/aromatic N) is 2. The Kier molecular flexibility index (Phi) is 3.92. The van der Waals surface area contributed by atoms with Crippen LogP contribution in [0.1, 0.15) is 30.1 Å². The maximum Gasteiger partial charge on any atom is 0.251 e. The minimum atomic E-state index is -0.104. The van der Waals surface area contributed by atoms with Crippen LogP contribution in [0.25, 0.3) is 0 Å². The van der Waals surface area contributed by atoms with Gasteiger partial charge in [-0.15, -0.1) is 0 Å². The molecule has 1 saturated heterocycles. The smallest absolute Gasteiger partial charge is 0.251 e. The summed E-state index contributed by atoms with van der Waals surface area (Å²) in [6.07, 6.45) is 5.04. The summed E-state index contributed by atoms with van der Waals surface area (Å²) >= 11 is 0. The van der Waals surface area contributed by atoms with E-state index in [-0.39, 0.29) is 17.9 Å². The van der Waals surface area contributed by atoms with Gasteiger partial charge in [0.25, 0.3) is 5.91 Å². The van der Waals surface area contributed by atoms with Crippen molar-refractivity contribution in [3.63, 3.8) is 0 Å². The summed E-state index contributed by atoms with van der Waals surface area (Å²) in [7, 11) is 0. The van der Waals surface area contributed by atoms with E-state index < -0.39 is 0 Å². The highest BCUT2D eigenvalue weighted by atomic mass is 16.2. The molecule has 1 aromatic rings. The average Bonchev–Trinajstić information content (AvgIpc) is 2.40. The second-order valence-electron chi connectivity index (χ2n) is 4.51. The maximum absolute atomic E-state index is 11.9. The van der Waals surface area contributed by atoms with Crippen molar-refractivity contribution >= 4 is 11.8 Å². The van der Waals surface area contributed by atoms with Crippen molar-refractivity contribution in [1.29, 1.82) is 0 Å². The van der Waals surface area contributed by atoms with Crippen LogP contribution in [0.5, 0.6) is 0 Å². The van der Waals surface area contributed by atoms with E-state index in [2.05, 4.69) is 10.3 Å². The van der Waals surface area contributed by atoms with E-state index in [1.54, 1.807) is 36.4 Å². The van der Waals surface area contributed by atoms with E-state index in [1.165, 1.54) is 0 Å². The van der Waals surface area contributed by atoms with Gasteiger partial charge in [-0.2, -0.15) is 0 Å². The Bertz CT molecular complexity index is 433. The predicted octanol–water partition coefficient (Wildman–Crippen LogP) is 0.822. The second-order valence-corrected chi connectivity index (χ2v) is 4.51. The third kappa shape index (κ3) is 3.06. The first kappa shape index (κ1) is 12.5. The molecular formula is C13H17N3O2. The molecule has 0 saturated carbocycles. The van der Waals surface area contributed by atoms with Crippen molar-refractivity contribution in [2.24, 2.45) is 0 Å². The van der Waals surface area contributed by atoms with Crippen molar-refractivity contribution in [3.05, 3.63) is 30.1 Å². The van der Waals surface area contributed by atoms with E-state index in [4.69, 9.17) is 0 Å². The SMILES string of the molecule is CC(=O)N1CCCC(NC(=O)c2ccncc2)C1. The molecule has 1 aliphatic rings. The number of hydrogen-bond acceptors (Lipinski definition) is 3. The first-order valence-corrected chi connectivity index (χ1v) is 6.13. The first-order chi connectivity index (χ1) is 8.66. The molecule has 5 heteroatoms. The topological polar surface area (TPSA) is 62.3 Å². The van der Waals surface area contributed by atoms with E-state index in [9.17, 15) is 9.59 Å². The Morgan fingerprint density at radius 2 is 2.11 bits per heavy atom. The van der Waals surface area contributed by atoms with Crippen LogP contribution in [-0.4, -0.2) is 40.8 Å². The van der Waals surface area contributed by atoms with Crippen LogP contribution >= 0.6 is 0 Å². The Labute approximate surface area is 106 Å². The molecule has 1 fully saturated rings. The molecule has 1 N–H and O–H groups in total. The van der Waals surface area contributed by atoms with Crippen LogP contribution in [-0.2, 0) is 4.79 Å². The summed E-state index contributed by atoms with van der Waals surface area (Å²) in [5, 5.41) is 2.96. The fourth-order valence-electron chi connectivity index (χ4n) is 2.15. The lowest BCUT2D eigenvalue weighted by molar-refractivity contribution is -0.130. The highest BCUT2D eigenvalue weighted by molar-refractivity contribution is 5.94. The zero-order chi connectivity index (χ0) is 13.0. The van der Waals surface area contributed by atoms with Gasteiger partial charge >= 0.3 is 0 Å². The van der Waals surface area contributed by atoms with E-state index in [0.29, 0.717) is 12.1 Å². The molecule has 0 spiro atoms. The van der Waals surface area contributed by atoms with Gasteiger partial charge in [0, 0.05) is 44.0 Å². The minimum Gasteiger partial charge on any atom is -0.348 e. The Balaban J connectivity index is 1.93. The van der Waals surface area contributed by atoms with Gasteiger partial charge < -0.3 is 10.2 Å². The zero-order valence-electron chi connectivity index (χ0n) is 10.4. The van der Waals surface area contributed by atoms with Crippen molar-refractivity contribution < 1.29 is 9.59 Å². The molecule has 18 heavy (non-hydrogen) atoms. The number of amides is 2. The number of aromatic nitrogens is 1. The van der Waals surface area contributed by atoms with E-state index >= 15 is 0 Å². The third-order valence-electron chi connectivity index (χ3n) is 3.14. The number of hydrogen-bond donors (Lipinski definition) is 1. The molecule has 1 atom stereocenters. The van der Waals surface area contributed by atoms with Crippen molar-refractivity contribution in [3.8, 4) is 0 Å². The van der Waals surface area contributed by atoms with Crippen molar-refractivity contribution in [1.82, 2.24) is 15.2 Å². The normalized spacial score (nSPS) is 19.4. The van der Waals surface area contributed by atoms with Crippen molar-refractivity contribution in [2.75, 3.05) is 13.1 Å². The highest BCUT2D eigenvalue weighted by Gasteiger charge is 2.22. The fourth-order valence-corrected chi connectivity index (χ4v) is 2.15. The Morgan fingerprint density at radius 1 is 1.39 bits per heavy atom. The number of nitrogens with one attached hydrogen (secondary N) is 1. The molecule has 96 valence electrons. The summed E-state index contributed by atoms with van der Waals surface area (Å²) in [6, 6.07) is 3.41. The maximum atomic E-state index is 11.9. The molecule has 0 aromatic carbocycles. The quantitative estimate of drug-likeness (QED) is 0.841. The van der Waals surface area contributed by atoms with Crippen LogP contribution < -0.4 is 5.32 Å². The monoisotopic (exact) mass is 247 g/mol. The first-order valence-electron chi connectivity index (χ1n) is 6.13. The number of pyridine rings is 1. The van der Waals surface area contributed by atoms with Crippen LogP contribution in [0, 0.1) is 0 Å². The lowest BCUT2D eigenvalue weighted by Crippen LogP contribution is -2.49. The van der Waals surface area contributed by atoms with Crippen molar-refractivity contribution in [2.45, 2.75) is 25.8 Å². The summed E-state index contributed by atoms with van der Waals surface area (Å²) in [4.78, 5) is 28.9. The number of carbonyl (C=O) groups is 2. The second kappa shape index (κ2) is 5.62. The van der Waals surface area contributed by atoms with Crippen LogP contribution in [0.4, 0.5) is 0 Å². The number of carbonyl (C=O) groups excluding carboxylic acids is 2. The molecule has 1 unspecified atom stereocenters. The lowest BCUT2D eigenvalue weighted by Gasteiger charge is -2.32. The van der Waals surface area contributed by atoms with Crippen LogP contribution in [0.2, 0.25) is 0 Å². The van der Waals surface area contributed by atoms with Gasteiger partial charge in [0.05, 0.1) is 0 Å². The standard InChI is InChI=1S/C13H17N3O2/c1-10(17)16-8-2-3-12(9-16)15-13(18)11-4-6-14-7-5-11/h4-7,12H,2-3,8-9H2,1H3,(H,15,18). The average molecular weight is 247 g/mol. The summed E-state index contributed by atoms with van der Waals surface area (Å²) in [6.45, 7) is 2.95. The number of piperidine rings is 1. The summed E-state index contributed by atoms with van der Waals surface area (Å²) in [5.74, 6) is -0.0364. The lowest BCUT2D eigenvalue weighted by atomic mass is 10.1. The molecule has 0 aliphatic carbocycles. The number of rotatable bonds is 2. The van der Waals surface area contributed by atoms with Gasteiger partial charge in [-0.1, -0.05) is 0 Å². The molecule has 0 radical (unpaired) electrons. The minimum absolute atomic E-state index is 0.0447. The van der Waals surface area contributed by atoms with Gasteiger partial charge in [-0.05, 0) is 25.0 Å².